The molecule has 3 aromatic heterocycles. The minimum atomic E-state index is -0.344. The Morgan fingerprint density at radius 2 is 1.68 bits per heavy atom. The molecule has 4 aliphatic carbocycles. The fourth-order valence-electron chi connectivity index (χ4n) is 6.13. The summed E-state index contributed by atoms with van der Waals surface area (Å²) < 4.78 is 5.09. The Hall–Kier alpha value is -2.52. The molecule has 0 spiro atoms. The maximum absolute atomic E-state index is 12.7. The lowest BCUT2D eigenvalue weighted by Gasteiger charge is -2.55. The summed E-state index contributed by atoms with van der Waals surface area (Å²) in [5.41, 5.74) is 0.182. The molecular formula is C22H22N4O3S2. The van der Waals surface area contributed by atoms with E-state index >= 15 is 0 Å². The maximum Gasteiger partial charge on any atom is 0.291 e. The Morgan fingerprint density at radius 1 is 0.935 bits per heavy atom. The van der Waals surface area contributed by atoms with Gasteiger partial charge in [-0.15, -0.1) is 21.5 Å². The number of amides is 2. The molecule has 0 unspecified atom stereocenters. The molecule has 4 fully saturated rings. The highest BCUT2D eigenvalue weighted by Crippen LogP contribution is 2.61. The van der Waals surface area contributed by atoms with Crippen LogP contribution in [-0.2, 0) is 5.41 Å². The van der Waals surface area contributed by atoms with E-state index in [9.17, 15) is 9.59 Å². The molecule has 2 N–H and O–H groups in total. The second-order valence-corrected chi connectivity index (χ2v) is 11.2. The minimum absolute atomic E-state index is 0.182. The molecule has 0 aliphatic heterocycles. The predicted molar refractivity (Wildman–Crippen MR) is 119 cm³/mol. The number of nitrogens with zero attached hydrogens (tertiary/aromatic N) is 2. The van der Waals surface area contributed by atoms with Crippen LogP contribution in [-0.4, -0.2) is 22.0 Å². The van der Waals surface area contributed by atoms with E-state index in [1.54, 1.807) is 24.3 Å². The van der Waals surface area contributed by atoms with Gasteiger partial charge >= 0.3 is 0 Å². The second-order valence-electron chi connectivity index (χ2n) is 9.16. The number of rotatable bonds is 5. The number of anilines is 2. The number of hydrogen-bond donors (Lipinski definition) is 2. The highest BCUT2D eigenvalue weighted by molar-refractivity contribution is 7.18. The number of hydrogen-bond acceptors (Lipinski definition) is 7. The predicted octanol–water partition coefficient (Wildman–Crippen LogP) is 5.17. The van der Waals surface area contributed by atoms with Crippen molar-refractivity contribution in [2.45, 2.75) is 43.9 Å². The molecule has 4 saturated carbocycles. The summed E-state index contributed by atoms with van der Waals surface area (Å²) in [5.74, 6) is 2.17. The Morgan fingerprint density at radius 3 is 2.35 bits per heavy atom. The van der Waals surface area contributed by atoms with Gasteiger partial charge in [0, 0.05) is 5.41 Å². The largest absolute Gasteiger partial charge is 0.459 e. The van der Waals surface area contributed by atoms with Gasteiger partial charge in [0.1, 0.15) is 5.01 Å². The van der Waals surface area contributed by atoms with Crippen molar-refractivity contribution >= 4 is 44.6 Å². The summed E-state index contributed by atoms with van der Waals surface area (Å²) in [5, 5.41) is 16.7. The topological polar surface area (TPSA) is 97.1 Å². The van der Waals surface area contributed by atoms with Crippen LogP contribution < -0.4 is 10.6 Å². The molecule has 3 heterocycles. The van der Waals surface area contributed by atoms with Gasteiger partial charge in [-0.3, -0.25) is 14.9 Å². The zero-order valence-corrected chi connectivity index (χ0v) is 18.4. The fraction of sp³-hybridized carbons (Fsp3) is 0.455. The average molecular weight is 455 g/mol. The third-order valence-corrected chi connectivity index (χ3v) is 9.03. The number of thiophene rings is 1. The number of aromatic nitrogens is 2. The first kappa shape index (κ1) is 19.2. The summed E-state index contributed by atoms with van der Waals surface area (Å²) in [4.78, 5) is 25.3. The number of furan rings is 1. The highest BCUT2D eigenvalue weighted by Gasteiger charge is 2.53. The zero-order valence-electron chi connectivity index (χ0n) is 16.8. The van der Waals surface area contributed by atoms with Gasteiger partial charge in [-0.25, -0.2) is 0 Å². The van der Waals surface area contributed by atoms with Crippen LogP contribution in [0, 0.1) is 17.8 Å². The van der Waals surface area contributed by atoms with Gasteiger partial charge in [-0.2, -0.15) is 0 Å². The molecule has 7 nitrogen and oxygen atoms in total. The normalized spacial score (nSPS) is 28.6. The van der Waals surface area contributed by atoms with E-state index in [0.717, 1.165) is 22.8 Å². The van der Waals surface area contributed by atoms with Crippen molar-refractivity contribution in [1.82, 2.24) is 10.2 Å². The monoisotopic (exact) mass is 454 g/mol. The van der Waals surface area contributed by atoms with E-state index in [1.165, 1.54) is 67.5 Å². The van der Waals surface area contributed by atoms with Gasteiger partial charge in [-0.05, 0) is 80.5 Å². The van der Waals surface area contributed by atoms with Crippen LogP contribution >= 0.6 is 22.7 Å². The van der Waals surface area contributed by atoms with Crippen LogP contribution in [0.15, 0.2) is 34.9 Å². The van der Waals surface area contributed by atoms with Gasteiger partial charge in [0.25, 0.3) is 11.8 Å². The average Bonchev–Trinajstić information content (AvgIpc) is 3.49. The SMILES string of the molecule is O=C(Nc1ccc(C(=O)Nc2nnc(C34CC5CC(CC(C5)C3)C4)s2)s1)c1ccco1. The lowest BCUT2D eigenvalue weighted by molar-refractivity contribution is -0.00555. The van der Waals surface area contributed by atoms with Crippen LogP contribution in [0.2, 0.25) is 0 Å². The van der Waals surface area contributed by atoms with Gasteiger partial charge in [0.15, 0.2) is 5.76 Å². The van der Waals surface area contributed by atoms with Crippen LogP contribution in [0.4, 0.5) is 10.1 Å². The summed E-state index contributed by atoms with van der Waals surface area (Å²) in [6, 6.07) is 6.65. The molecule has 31 heavy (non-hydrogen) atoms. The van der Waals surface area contributed by atoms with Crippen LogP contribution in [0.25, 0.3) is 0 Å². The molecule has 3 aromatic rings. The lowest BCUT2D eigenvalue weighted by Crippen LogP contribution is -2.48. The molecule has 160 valence electrons. The van der Waals surface area contributed by atoms with E-state index in [1.807, 2.05) is 0 Å². The first-order valence-corrected chi connectivity index (χ1v) is 12.3. The summed E-state index contributed by atoms with van der Waals surface area (Å²) in [6.07, 6.45) is 9.29. The number of carbonyl (C=O) groups excluding carboxylic acids is 2. The Balaban J connectivity index is 1.13. The molecule has 0 radical (unpaired) electrons. The number of nitrogens with one attached hydrogen (secondary N) is 2. The second kappa shape index (κ2) is 7.27. The molecule has 4 bridgehead atoms. The highest BCUT2D eigenvalue weighted by atomic mass is 32.1. The smallest absolute Gasteiger partial charge is 0.291 e. The van der Waals surface area contributed by atoms with E-state index in [0.29, 0.717) is 15.0 Å². The quantitative estimate of drug-likeness (QED) is 0.555. The third kappa shape index (κ3) is 3.49. The van der Waals surface area contributed by atoms with Gasteiger partial charge in [0.05, 0.1) is 16.1 Å². The first-order chi connectivity index (χ1) is 15.1. The Kier molecular flexibility index (Phi) is 4.50. The van der Waals surface area contributed by atoms with Crippen LogP contribution in [0.3, 0.4) is 0 Å². The van der Waals surface area contributed by atoms with Crippen molar-refractivity contribution in [2.75, 3.05) is 10.6 Å². The molecule has 7 rings (SSSR count). The lowest BCUT2D eigenvalue weighted by atomic mass is 9.50. The molecule has 0 saturated heterocycles. The number of carbonyl (C=O) groups is 2. The molecule has 0 aromatic carbocycles. The van der Waals surface area contributed by atoms with Gasteiger partial charge in [-0.1, -0.05) is 11.3 Å². The Labute approximate surface area is 187 Å². The summed E-state index contributed by atoms with van der Waals surface area (Å²) in [6.45, 7) is 0. The van der Waals surface area contributed by atoms with Crippen molar-refractivity contribution in [2.24, 2.45) is 17.8 Å². The minimum Gasteiger partial charge on any atom is -0.459 e. The van der Waals surface area contributed by atoms with Crippen molar-refractivity contribution in [3.05, 3.63) is 46.2 Å². The molecule has 9 heteroatoms. The zero-order chi connectivity index (χ0) is 21.0. The van der Waals surface area contributed by atoms with E-state index in [2.05, 4.69) is 20.8 Å². The fourth-order valence-corrected chi connectivity index (χ4v) is 7.88. The van der Waals surface area contributed by atoms with Gasteiger partial charge < -0.3 is 9.73 Å². The summed E-state index contributed by atoms with van der Waals surface area (Å²) in [7, 11) is 0. The third-order valence-electron chi connectivity index (χ3n) is 6.95. The molecule has 0 atom stereocenters. The van der Waals surface area contributed by atoms with Crippen molar-refractivity contribution in [3.8, 4) is 0 Å². The molecular weight excluding hydrogens is 432 g/mol. The van der Waals surface area contributed by atoms with Gasteiger partial charge in [0.2, 0.25) is 5.13 Å². The Bertz CT molecular complexity index is 1100. The van der Waals surface area contributed by atoms with Crippen LogP contribution in [0.5, 0.6) is 0 Å². The van der Waals surface area contributed by atoms with Crippen molar-refractivity contribution < 1.29 is 14.0 Å². The standard InChI is InChI=1S/C22H22N4O3S2/c27-18(15-2-1-5-29-15)23-17-4-3-16(30-17)19(28)24-21-26-25-20(31-21)22-9-12-6-13(10-22)8-14(7-12)11-22/h1-5,12-14H,6-11H2,(H,23,27)(H,24,26,28). The summed E-state index contributed by atoms with van der Waals surface area (Å²) >= 11 is 2.74. The van der Waals surface area contributed by atoms with E-state index in [4.69, 9.17) is 4.42 Å². The maximum atomic E-state index is 12.7. The van der Waals surface area contributed by atoms with E-state index in [-0.39, 0.29) is 23.0 Å². The van der Waals surface area contributed by atoms with Crippen molar-refractivity contribution in [1.29, 1.82) is 0 Å². The van der Waals surface area contributed by atoms with Crippen molar-refractivity contribution in [3.63, 3.8) is 0 Å². The van der Waals surface area contributed by atoms with Crippen LogP contribution in [0.1, 0.15) is 63.8 Å². The molecule has 2 amide bonds. The first-order valence-electron chi connectivity index (χ1n) is 10.7. The van der Waals surface area contributed by atoms with E-state index < -0.39 is 0 Å². The molecule has 4 aliphatic rings.